The molecule has 3 rings (SSSR count). The van der Waals surface area contributed by atoms with Gasteiger partial charge in [-0.2, -0.15) is 0 Å². The van der Waals surface area contributed by atoms with Crippen molar-refractivity contribution in [3.63, 3.8) is 0 Å². The third kappa shape index (κ3) is 4.64. The highest BCUT2D eigenvalue weighted by Gasteiger charge is 2.26. The van der Waals surface area contributed by atoms with E-state index >= 15 is 0 Å². The quantitative estimate of drug-likeness (QED) is 0.689. The molecule has 2 aromatic carbocycles. The average Bonchev–Trinajstić information content (AvgIpc) is 2.93. The second kappa shape index (κ2) is 7.29. The first-order chi connectivity index (χ1) is 12.7. The Kier molecular flexibility index (Phi) is 5.22. The Balaban J connectivity index is 1.79. The highest BCUT2D eigenvalue weighted by molar-refractivity contribution is 7.89. The molecule has 1 N–H and O–H groups in total. The summed E-state index contributed by atoms with van der Waals surface area (Å²) in [4.78, 5) is 4.57. The zero-order chi connectivity index (χ0) is 19.7. The van der Waals surface area contributed by atoms with E-state index in [9.17, 15) is 8.42 Å². The first-order valence-corrected chi connectivity index (χ1v) is 10.3. The smallest absolute Gasteiger partial charge is 0.241 e. The standard InChI is InChI=1S/C21H24N2O3S/c1-15-20(22-16(2)26-15)18-10-12-19(13-11-18)27(24,25)23-21(3,4)14-17-8-6-5-7-9-17/h5-13,23H,14H2,1-4H3. The minimum atomic E-state index is -3.64. The van der Waals surface area contributed by atoms with Gasteiger partial charge in [-0.25, -0.2) is 18.1 Å². The van der Waals surface area contributed by atoms with Crippen molar-refractivity contribution in [2.24, 2.45) is 0 Å². The van der Waals surface area contributed by atoms with Gasteiger partial charge in [-0.15, -0.1) is 0 Å². The van der Waals surface area contributed by atoms with Gasteiger partial charge in [0.2, 0.25) is 10.0 Å². The SMILES string of the molecule is Cc1nc(-c2ccc(S(=O)(=O)NC(C)(C)Cc3ccccc3)cc2)c(C)o1. The molecule has 1 aromatic heterocycles. The molecule has 0 aliphatic heterocycles. The van der Waals surface area contributed by atoms with Crippen molar-refractivity contribution in [1.82, 2.24) is 9.71 Å². The van der Waals surface area contributed by atoms with E-state index in [0.717, 1.165) is 16.8 Å². The van der Waals surface area contributed by atoms with Crippen LogP contribution in [0.5, 0.6) is 0 Å². The van der Waals surface area contributed by atoms with Crippen LogP contribution >= 0.6 is 0 Å². The second-order valence-electron chi connectivity index (χ2n) is 7.31. The molecule has 0 saturated heterocycles. The first kappa shape index (κ1) is 19.3. The van der Waals surface area contributed by atoms with Crippen LogP contribution in [0.2, 0.25) is 0 Å². The van der Waals surface area contributed by atoms with E-state index < -0.39 is 15.6 Å². The van der Waals surface area contributed by atoms with Crippen molar-refractivity contribution < 1.29 is 12.8 Å². The van der Waals surface area contributed by atoms with E-state index in [2.05, 4.69) is 9.71 Å². The summed E-state index contributed by atoms with van der Waals surface area (Å²) in [6, 6.07) is 16.5. The Hall–Kier alpha value is -2.44. The predicted octanol–water partition coefficient (Wildman–Crippen LogP) is 4.26. The lowest BCUT2D eigenvalue weighted by Gasteiger charge is -2.26. The maximum Gasteiger partial charge on any atom is 0.241 e. The molecule has 0 atom stereocenters. The molecule has 0 amide bonds. The largest absolute Gasteiger partial charge is 0.446 e. The number of aryl methyl sites for hydroxylation is 2. The van der Waals surface area contributed by atoms with Crippen LogP contribution in [0.25, 0.3) is 11.3 Å². The lowest BCUT2D eigenvalue weighted by molar-refractivity contribution is 0.450. The number of nitrogens with one attached hydrogen (secondary N) is 1. The van der Waals surface area contributed by atoms with Gasteiger partial charge >= 0.3 is 0 Å². The summed E-state index contributed by atoms with van der Waals surface area (Å²) >= 11 is 0. The summed E-state index contributed by atoms with van der Waals surface area (Å²) in [6.45, 7) is 7.39. The Morgan fingerprint density at radius 1 is 1.00 bits per heavy atom. The van der Waals surface area contributed by atoms with Crippen LogP contribution in [-0.4, -0.2) is 18.9 Å². The topological polar surface area (TPSA) is 72.2 Å². The van der Waals surface area contributed by atoms with Crippen LogP contribution in [0.3, 0.4) is 0 Å². The Labute approximate surface area is 160 Å². The van der Waals surface area contributed by atoms with E-state index in [0.29, 0.717) is 18.1 Å². The highest BCUT2D eigenvalue weighted by Crippen LogP contribution is 2.25. The van der Waals surface area contributed by atoms with E-state index in [4.69, 9.17) is 4.42 Å². The fraction of sp³-hybridized carbons (Fsp3) is 0.286. The van der Waals surface area contributed by atoms with Gasteiger partial charge in [-0.3, -0.25) is 0 Å². The molecule has 3 aromatic rings. The zero-order valence-electron chi connectivity index (χ0n) is 16.0. The lowest BCUT2D eigenvalue weighted by Crippen LogP contribution is -2.44. The third-order valence-corrected chi connectivity index (χ3v) is 5.96. The van der Waals surface area contributed by atoms with Crippen LogP contribution in [0.1, 0.15) is 31.1 Å². The van der Waals surface area contributed by atoms with Crippen molar-refractivity contribution in [1.29, 1.82) is 0 Å². The van der Waals surface area contributed by atoms with E-state index in [1.54, 1.807) is 31.2 Å². The van der Waals surface area contributed by atoms with Crippen molar-refractivity contribution in [3.8, 4) is 11.3 Å². The third-order valence-electron chi connectivity index (χ3n) is 4.24. The molecule has 6 heteroatoms. The van der Waals surface area contributed by atoms with Crippen molar-refractivity contribution in [2.45, 2.75) is 44.6 Å². The number of benzene rings is 2. The summed E-state index contributed by atoms with van der Waals surface area (Å²) in [5.41, 5.74) is 2.02. The van der Waals surface area contributed by atoms with E-state index in [1.165, 1.54) is 0 Å². The van der Waals surface area contributed by atoms with Gasteiger partial charge in [-0.05, 0) is 44.9 Å². The average molecular weight is 385 g/mol. The fourth-order valence-corrected chi connectivity index (χ4v) is 4.57. The van der Waals surface area contributed by atoms with Crippen molar-refractivity contribution >= 4 is 10.0 Å². The van der Waals surface area contributed by atoms with Gasteiger partial charge in [0, 0.05) is 18.0 Å². The van der Waals surface area contributed by atoms with E-state index in [-0.39, 0.29) is 4.90 Å². The van der Waals surface area contributed by atoms with Crippen LogP contribution in [0.15, 0.2) is 63.9 Å². The highest BCUT2D eigenvalue weighted by atomic mass is 32.2. The maximum atomic E-state index is 12.8. The molecule has 0 spiro atoms. The molecule has 142 valence electrons. The number of hydrogen-bond donors (Lipinski definition) is 1. The van der Waals surface area contributed by atoms with Crippen LogP contribution < -0.4 is 4.72 Å². The van der Waals surface area contributed by atoms with Gasteiger partial charge in [0.1, 0.15) is 11.5 Å². The molecule has 0 unspecified atom stereocenters. The number of hydrogen-bond acceptors (Lipinski definition) is 4. The van der Waals surface area contributed by atoms with Gasteiger partial charge in [0.25, 0.3) is 0 Å². The Morgan fingerprint density at radius 3 is 2.19 bits per heavy atom. The number of rotatable bonds is 6. The summed E-state index contributed by atoms with van der Waals surface area (Å²) in [5, 5.41) is 0. The predicted molar refractivity (Wildman–Crippen MR) is 106 cm³/mol. The van der Waals surface area contributed by atoms with E-state index in [1.807, 2.05) is 51.1 Å². The summed E-state index contributed by atoms with van der Waals surface area (Å²) in [5.74, 6) is 1.30. The first-order valence-electron chi connectivity index (χ1n) is 8.79. The minimum Gasteiger partial charge on any atom is -0.446 e. The maximum absolute atomic E-state index is 12.8. The normalized spacial score (nSPS) is 12.3. The molecule has 1 heterocycles. The molecule has 0 aliphatic rings. The summed E-state index contributed by atoms with van der Waals surface area (Å²) in [7, 11) is -3.64. The van der Waals surface area contributed by atoms with Gasteiger partial charge < -0.3 is 4.42 Å². The summed E-state index contributed by atoms with van der Waals surface area (Å²) < 4.78 is 33.9. The molecule has 0 bridgehead atoms. The van der Waals surface area contributed by atoms with Gasteiger partial charge in [0.05, 0.1) is 4.90 Å². The summed E-state index contributed by atoms with van der Waals surface area (Å²) in [6.07, 6.45) is 0.600. The monoisotopic (exact) mass is 384 g/mol. The number of aromatic nitrogens is 1. The zero-order valence-corrected chi connectivity index (χ0v) is 16.8. The Bertz CT molecular complexity index is 1020. The lowest BCUT2D eigenvalue weighted by atomic mass is 9.96. The van der Waals surface area contributed by atoms with Gasteiger partial charge in [0.15, 0.2) is 5.89 Å². The van der Waals surface area contributed by atoms with Gasteiger partial charge in [-0.1, -0.05) is 42.5 Å². The van der Waals surface area contributed by atoms with Crippen molar-refractivity contribution in [2.75, 3.05) is 0 Å². The molecule has 0 aliphatic carbocycles. The number of oxazole rings is 1. The van der Waals surface area contributed by atoms with Crippen LogP contribution in [-0.2, 0) is 16.4 Å². The van der Waals surface area contributed by atoms with Crippen molar-refractivity contribution in [3.05, 3.63) is 71.8 Å². The molecule has 0 radical (unpaired) electrons. The minimum absolute atomic E-state index is 0.227. The van der Waals surface area contributed by atoms with Crippen LogP contribution in [0, 0.1) is 13.8 Å². The molecular formula is C21H24N2O3S. The second-order valence-corrected chi connectivity index (χ2v) is 9.00. The number of nitrogens with zero attached hydrogens (tertiary/aromatic N) is 1. The number of sulfonamides is 1. The van der Waals surface area contributed by atoms with Crippen LogP contribution in [0.4, 0.5) is 0 Å². The molecular weight excluding hydrogens is 360 g/mol. The molecule has 0 fully saturated rings. The molecule has 27 heavy (non-hydrogen) atoms. The fourth-order valence-electron chi connectivity index (χ4n) is 3.15. The molecule has 5 nitrogen and oxygen atoms in total. The molecule has 0 saturated carbocycles. The Morgan fingerprint density at radius 2 is 1.63 bits per heavy atom.